The number of carbonyl (C=O) groups is 1. The van der Waals surface area contributed by atoms with Crippen LogP contribution in [-0.2, 0) is 18.1 Å². The van der Waals surface area contributed by atoms with Crippen LogP contribution in [0.25, 0.3) is 0 Å². The van der Waals surface area contributed by atoms with Gasteiger partial charge in [0.25, 0.3) is 0 Å². The van der Waals surface area contributed by atoms with Gasteiger partial charge in [0.05, 0.1) is 0 Å². The van der Waals surface area contributed by atoms with Gasteiger partial charge in [0, 0.05) is 0 Å². The third-order valence-corrected chi connectivity index (χ3v) is 9.66. The van der Waals surface area contributed by atoms with E-state index < -0.39 is 35.6 Å². The maximum atomic E-state index is 13.6. The molecule has 7 heteroatoms. The zero-order chi connectivity index (χ0) is 19.7. The van der Waals surface area contributed by atoms with Crippen LogP contribution in [0.4, 0.5) is 10.5 Å². The first-order valence-electron chi connectivity index (χ1n) is 8.89. The molecule has 0 aromatic heterocycles. The normalized spacial score (nSPS) is 30.4. The van der Waals surface area contributed by atoms with Crippen LogP contribution >= 0.6 is 7.51 Å². The summed E-state index contributed by atoms with van der Waals surface area (Å²) in [6.45, 7) is 15.1. The minimum atomic E-state index is -4.60. The van der Waals surface area contributed by atoms with E-state index in [9.17, 15) is 4.79 Å². The van der Waals surface area contributed by atoms with Gasteiger partial charge in [0.1, 0.15) is 0 Å². The van der Waals surface area contributed by atoms with Crippen LogP contribution in [0.3, 0.4) is 0 Å². The summed E-state index contributed by atoms with van der Waals surface area (Å²) in [5, 5.41) is 2.88. The number of carbonyl (C=O) groups excluding carboxylic acids is 1. The molecule has 1 spiro atoms. The Hall–Kier alpha value is -1.04. The van der Waals surface area contributed by atoms with Gasteiger partial charge in [-0.2, -0.15) is 0 Å². The number of nitrogens with one attached hydrogen (secondary N) is 1. The SMILES string of the molecule is CC1(C)OP2(C(=O)Nc3ccccc3)(OC1(C)C)OC(C)(C)C(C)(C)O2. The zero-order valence-corrected chi connectivity index (χ0v) is 17.8. The monoisotopic (exact) mass is 383 g/mol. The van der Waals surface area contributed by atoms with Crippen LogP contribution < -0.4 is 5.32 Å². The fourth-order valence-electron chi connectivity index (χ4n) is 3.03. The molecule has 146 valence electrons. The zero-order valence-electron chi connectivity index (χ0n) is 16.9. The van der Waals surface area contributed by atoms with E-state index in [-0.39, 0.29) is 0 Å². The number of hydrogen-bond acceptors (Lipinski definition) is 5. The van der Waals surface area contributed by atoms with Crippen molar-refractivity contribution in [3.05, 3.63) is 30.3 Å². The first-order valence-corrected chi connectivity index (χ1v) is 10.8. The number of rotatable bonds is 2. The van der Waals surface area contributed by atoms with E-state index in [1.165, 1.54) is 0 Å². The van der Waals surface area contributed by atoms with Crippen LogP contribution in [0.5, 0.6) is 0 Å². The Labute approximate surface area is 155 Å². The molecule has 0 bridgehead atoms. The molecule has 0 radical (unpaired) electrons. The Kier molecular flexibility index (Phi) is 4.00. The first kappa shape index (κ1) is 19.7. The predicted octanol–water partition coefficient (Wildman–Crippen LogP) is 5.64. The Balaban J connectivity index is 2.12. The molecule has 0 saturated carbocycles. The molecular formula is C19H30NO5P. The topological polar surface area (TPSA) is 66.0 Å². The van der Waals surface area contributed by atoms with Gasteiger partial charge in [-0.05, 0) is 0 Å². The number of benzene rings is 1. The summed E-state index contributed by atoms with van der Waals surface area (Å²) < 4.78 is 25.4. The fourth-order valence-corrected chi connectivity index (χ4v) is 7.92. The predicted molar refractivity (Wildman–Crippen MR) is 103 cm³/mol. The van der Waals surface area contributed by atoms with Gasteiger partial charge in [-0.3, -0.25) is 0 Å². The summed E-state index contributed by atoms with van der Waals surface area (Å²) in [5.74, 6) is 0. The van der Waals surface area contributed by atoms with E-state index in [0.29, 0.717) is 5.69 Å². The molecule has 2 saturated heterocycles. The second kappa shape index (κ2) is 5.27. The number of amides is 1. The summed E-state index contributed by atoms with van der Waals surface area (Å²) in [7, 11) is -4.60. The van der Waals surface area contributed by atoms with Crippen molar-refractivity contribution in [2.24, 2.45) is 0 Å². The average Bonchev–Trinajstić information content (AvgIpc) is 2.71. The molecule has 2 fully saturated rings. The molecule has 0 atom stereocenters. The second-order valence-electron chi connectivity index (χ2n) is 9.01. The van der Waals surface area contributed by atoms with Crippen molar-refractivity contribution in [3.8, 4) is 0 Å². The summed E-state index contributed by atoms with van der Waals surface area (Å²) in [6.07, 6.45) is 0. The summed E-state index contributed by atoms with van der Waals surface area (Å²) in [5.41, 5.74) is -3.02. The van der Waals surface area contributed by atoms with Crippen molar-refractivity contribution >= 4 is 18.8 Å². The second-order valence-corrected chi connectivity index (χ2v) is 11.8. The van der Waals surface area contributed by atoms with Gasteiger partial charge in [0.15, 0.2) is 0 Å². The maximum absolute atomic E-state index is 13.6. The average molecular weight is 383 g/mol. The quantitative estimate of drug-likeness (QED) is 0.670. The fraction of sp³-hybridized carbons (Fsp3) is 0.632. The molecule has 1 aromatic rings. The molecular weight excluding hydrogens is 353 g/mol. The minimum absolute atomic E-state index is 0.514. The van der Waals surface area contributed by atoms with E-state index in [1.54, 1.807) is 12.1 Å². The summed E-state index contributed by atoms with van der Waals surface area (Å²) >= 11 is 0. The Morgan fingerprint density at radius 3 is 1.42 bits per heavy atom. The Morgan fingerprint density at radius 1 is 0.731 bits per heavy atom. The number of hydrogen-bond donors (Lipinski definition) is 1. The van der Waals surface area contributed by atoms with E-state index in [0.717, 1.165) is 0 Å². The van der Waals surface area contributed by atoms with Gasteiger partial charge in [-0.1, -0.05) is 0 Å². The third-order valence-electron chi connectivity index (χ3n) is 5.80. The summed E-state index contributed by atoms with van der Waals surface area (Å²) in [6, 6.07) is 9.16. The van der Waals surface area contributed by atoms with Gasteiger partial charge < -0.3 is 0 Å². The number of anilines is 1. The molecule has 2 aliphatic heterocycles. The van der Waals surface area contributed by atoms with Crippen LogP contribution in [0, 0.1) is 0 Å². The van der Waals surface area contributed by atoms with E-state index in [4.69, 9.17) is 18.1 Å². The summed E-state index contributed by atoms with van der Waals surface area (Å²) in [4.78, 5) is 13.6. The van der Waals surface area contributed by atoms with Crippen molar-refractivity contribution in [2.75, 3.05) is 5.32 Å². The van der Waals surface area contributed by atoms with Crippen LogP contribution in [0.2, 0.25) is 0 Å². The van der Waals surface area contributed by atoms with Crippen molar-refractivity contribution in [2.45, 2.75) is 77.8 Å². The van der Waals surface area contributed by atoms with Crippen molar-refractivity contribution in [1.29, 1.82) is 0 Å². The van der Waals surface area contributed by atoms with Crippen molar-refractivity contribution in [3.63, 3.8) is 0 Å². The van der Waals surface area contributed by atoms with Crippen LogP contribution in [-0.4, -0.2) is 28.1 Å². The third kappa shape index (κ3) is 2.62. The molecule has 1 N–H and O–H groups in total. The molecule has 2 heterocycles. The van der Waals surface area contributed by atoms with Gasteiger partial charge in [0.2, 0.25) is 0 Å². The molecule has 0 aliphatic carbocycles. The van der Waals surface area contributed by atoms with E-state index in [2.05, 4.69) is 5.32 Å². The van der Waals surface area contributed by atoms with Gasteiger partial charge >= 0.3 is 155 Å². The van der Waals surface area contributed by atoms with Crippen molar-refractivity contribution in [1.82, 2.24) is 0 Å². The van der Waals surface area contributed by atoms with Crippen molar-refractivity contribution < 1.29 is 22.9 Å². The van der Waals surface area contributed by atoms with Crippen LogP contribution in [0.1, 0.15) is 55.4 Å². The van der Waals surface area contributed by atoms with Crippen LogP contribution in [0.15, 0.2) is 30.3 Å². The molecule has 6 nitrogen and oxygen atoms in total. The van der Waals surface area contributed by atoms with Gasteiger partial charge in [-0.15, -0.1) is 0 Å². The molecule has 3 rings (SSSR count). The molecule has 1 aromatic carbocycles. The first-order chi connectivity index (χ1) is 11.6. The Morgan fingerprint density at radius 2 is 1.08 bits per heavy atom. The molecule has 26 heavy (non-hydrogen) atoms. The van der Waals surface area contributed by atoms with E-state index >= 15 is 0 Å². The molecule has 1 amide bonds. The molecule has 2 aliphatic rings. The Bertz CT molecular complexity index is 666. The number of para-hydroxylation sites is 1. The van der Waals surface area contributed by atoms with Gasteiger partial charge in [-0.25, -0.2) is 0 Å². The molecule has 0 unspecified atom stereocenters. The standard InChI is InChI=1S/C19H30NO5P/c1-16(2)17(3,4)23-26(22-16,24-18(5,6)19(7,8)25-26)15(21)20-14-12-10-9-11-13-14/h9-13H,1-8H3,(H,20,21). The van der Waals surface area contributed by atoms with E-state index in [1.807, 2.05) is 73.6 Å².